The van der Waals surface area contributed by atoms with Crippen LogP contribution in [-0.4, -0.2) is 12.5 Å². The minimum atomic E-state index is -0.0687. The van der Waals surface area contributed by atoms with Crippen LogP contribution < -0.4 is 10.1 Å². The number of fused-ring (bicyclic) bond motifs is 1. The molecule has 1 N–H and O–H groups in total. The summed E-state index contributed by atoms with van der Waals surface area (Å²) in [6, 6.07) is 14.5. The Morgan fingerprint density at radius 1 is 1.12 bits per heavy atom. The van der Waals surface area contributed by atoms with E-state index >= 15 is 0 Å². The Morgan fingerprint density at radius 3 is 2.64 bits per heavy atom. The fraction of sp³-hybridized carbons (Fsp3) is 0.409. The monoisotopic (exact) mass is 337 g/mol. The molecule has 0 radical (unpaired) electrons. The molecule has 3 heteroatoms. The van der Waals surface area contributed by atoms with Crippen LogP contribution in [0.1, 0.15) is 54.5 Å². The van der Waals surface area contributed by atoms with Crippen LogP contribution in [0.5, 0.6) is 5.75 Å². The smallest absolute Gasteiger partial charge is 0.258 e. The summed E-state index contributed by atoms with van der Waals surface area (Å²) >= 11 is 0. The van der Waals surface area contributed by atoms with E-state index in [1.165, 1.54) is 29.5 Å². The molecule has 1 amide bonds. The average Bonchev–Trinajstić information content (AvgIpc) is 2.65. The lowest BCUT2D eigenvalue weighted by atomic mass is 9.91. The van der Waals surface area contributed by atoms with Gasteiger partial charge in [-0.15, -0.1) is 0 Å². The first-order valence-electron chi connectivity index (χ1n) is 9.27. The fourth-order valence-electron chi connectivity index (χ4n) is 3.48. The molecule has 0 saturated heterocycles. The number of aryl methyl sites for hydroxylation is 2. The number of hydrogen-bond acceptors (Lipinski definition) is 2. The summed E-state index contributed by atoms with van der Waals surface area (Å²) in [5, 5.41) is 3.09. The van der Waals surface area contributed by atoms with Crippen LogP contribution in [-0.2, 0) is 17.6 Å². The molecule has 0 aliphatic heterocycles. The van der Waals surface area contributed by atoms with Gasteiger partial charge in [0.2, 0.25) is 0 Å². The number of amides is 1. The summed E-state index contributed by atoms with van der Waals surface area (Å²) in [5.74, 6) is 0.802. The molecule has 3 rings (SSSR count). The van der Waals surface area contributed by atoms with E-state index in [1.807, 2.05) is 12.1 Å². The van der Waals surface area contributed by atoms with Crippen LogP contribution >= 0.6 is 0 Å². The van der Waals surface area contributed by atoms with E-state index in [9.17, 15) is 4.79 Å². The lowest BCUT2D eigenvalue weighted by Crippen LogP contribution is -2.32. The maximum atomic E-state index is 12.4. The van der Waals surface area contributed by atoms with Gasteiger partial charge in [-0.2, -0.15) is 0 Å². The summed E-state index contributed by atoms with van der Waals surface area (Å²) in [4.78, 5) is 12.4. The SMILES string of the molecule is CC[C@H](NC(=O)COc1cccc2c1CCCC2)c1ccc(C)cc1. The molecule has 0 bridgehead atoms. The molecule has 3 nitrogen and oxygen atoms in total. The number of ether oxygens (including phenoxy) is 1. The standard InChI is InChI=1S/C22H27NO2/c1-3-20(18-13-11-16(2)12-14-18)23-22(24)15-25-21-10-6-8-17-7-4-5-9-19(17)21/h6,8,10-14,20H,3-5,7,9,15H2,1-2H3,(H,23,24)/t20-/m0/s1. The van der Waals surface area contributed by atoms with Gasteiger partial charge < -0.3 is 10.1 Å². The molecule has 0 heterocycles. The van der Waals surface area contributed by atoms with Gasteiger partial charge in [-0.05, 0) is 61.8 Å². The molecule has 1 aliphatic carbocycles. The van der Waals surface area contributed by atoms with Gasteiger partial charge in [0.25, 0.3) is 5.91 Å². The normalized spacial score (nSPS) is 14.5. The highest BCUT2D eigenvalue weighted by Gasteiger charge is 2.16. The number of rotatable bonds is 6. The van der Waals surface area contributed by atoms with Crippen LogP contribution in [0.2, 0.25) is 0 Å². The zero-order chi connectivity index (χ0) is 17.6. The number of benzene rings is 2. The fourth-order valence-corrected chi connectivity index (χ4v) is 3.48. The maximum absolute atomic E-state index is 12.4. The van der Waals surface area contributed by atoms with Crippen molar-refractivity contribution in [3.63, 3.8) is 0 Å². The largest absolute Gasteiger partial charge is 0.483 e. The van der Waals surface area contributed by atoms with Gasteiger partial charge in [-0.1, -0.05) is 48.9 Å². The van der Waals surface area contributed by atoms with Crippen molar-refractivity contribution in [2.75, 3.05) is 6.61 Å². The molecule has 2 aromatic rings. The van der Waals surface area contributed by atoms with Crippen LogP contribution in [0.25, 0.3) is 0 Å². The highest BCUT2D eigenvalue weighted by molar-refractivity contribution is 5.78. The summed E-state index contributed by atoms with van der Waals surface area (Å²) in [6.07, 6.45) is 5.46. The Morgan fingerprint density at radius 2 is 1.88 bits per heavy atom. The third-order valence-electron chi connectivity index (χ3n) is 4.93. The molecule has 0 saturated carbocycles. The van der Waals surface area contributed by atoms with Gasteiger partial charge in [0.1, 0.15) is 5.75 Å². The predicted octanol–water partition coefficient (Wildman–Crippen LogP) is 4.52. The van der Waals surface area contributed by atoms with Crippen LogP contribution in [0.4, 0.5) is 0 Å². The van der Waals surface area contributed by atoms with Gasteiger partial charge in [0.05, 0.1) is 6.04 Å². The molecule has 0 spiro atoms. The lowest BCUT2D eigenvalue weighted by molar-refractivity contribution is -0.123. The lowest BCUT2D eigenvalue weighted by Gasteiger charge is -2.21. The van der Waals surface area contributed by atoms with E-state index in [-0.39, 0.29) is 18.6 Å². The minimum absolute atomic E-state index is 0.0291. The van der Waals surface area contributed by atoms with E-state index in [4.69, 9.17) is 4.74 Å². The Kier molecular flexibility index (Phi) is 5.75. The quantitative estimate of drug-likeness (QED) is 0.841. The molecule has 1 aliphatic rings. The van der Waals surface area contributed by atoms with Crippen molar-refractivity contribution in [2.24, 2.45) is 0 Å². The first-order chi connectivity index (χ1) is 12.2. The van der Waals surface area contributed by atoms with E-state index in [1.54, 1.807) is 0 Å². The minimum Gasteiger partial charge on any atom is -0.483 e. The van der Waals surface area contributed by atoms with Crippen LogP contribution in [0.15, 0.2) is 42.5 Å². The number of hydrogen-bond donors (Lipinski definition) is 1. The van der Waals surface area contributed by atoms with Gasteiger partial charge in [0, 0.05) is 0 Å². The molecular weight excluding hydrogens is 310 g/mol. The number of nitrogens with one attached hydrogen (secondary N) is 1. The van der Waals surface area contributed by atoms with E-state index in [2.05, 4.69) is 49.5 Å². The number of carbonyl (C=O) groups is 1. The van der Waals surface area contributed by atoms with E-state index in [0.29, 0.717) is 0 Å². The predicted molar refractivity (Wildman–Crippen MR) is 101 cm³/mol. The molecule has 1 atom stereocenters. The Labute approximate surface area is 150 Å². The Hall–Kier alpha value is -2.29. The third-order valence-corrected chi connectivity index (χ3v) is 4.93. The first-order valence-corrected chi connectivity index (χ1v) is 9.27. The number of carbonyl (C=O) groups excluding carboxylic acids is 1. The van der Waals surface area contributed by atoms with Gasteiger partial charge in [0.15, 0.2) is 6.61 Å². The van der Waals surface area contributed by atoms with Crippen LogP contribution in [0.3, 0.4) is 0 Å². The van der Waals surface area contributed by atoms with Crippen molar-refractivity contribution in [1.29, 1.82) is 0 Å². The topological polar surface area (TPSA) is 38.3 Å². The van der Waals surface area contributed by atoms with Crippen molar-refractivity contribution < 1.29 is 9.53 Å². The molecule has 2 aromatic carbocycles. The molecular formula is C22H27NO2. The summed E-state index contributed by atoms with van der Waals surface area (Å²) < 4.78 is 5.85. The molecule has 132 valence electrons. The van der Waals surface area contributed by atoms with Crippen molar-refractivity contribution in [2.45, 2.75) is 52.0 Å². The van der Waals surface area contributed by atoms with Crippen LogP contribution in [0, 0.1) is 6.92 Å². The summed E-state index contributed by atoms with van der Waals surface area (Å²) in [5.41, 5.74) is 5.02. The highest BCUT2D eigenvalue weighted by Crippen LogP contribution is 2.29. The molecule has 25 heavy (non-hydrogen) atoms. The second kappa shape index (κ2) is 8.19. The van der Waals surface area contributed by atoms with E-state index < -0.39 is 0 Å². The second-order valence-electron chi connectivity index (χ2n) is 6.83. The molecule has 0 fully saturated rings. The first kappa shape index (κ1) is 17.5. The zero-order valence-electron chi connectivity index (χ0n) is 15.2. The third kappa shape index (κ3) is 4.41. The second-order valence-corrected chi connectivity index (χ2v) is 6.83. The molecule has 0 aromatic heterocycles. The van der Waals surface area contributed by atoms with Crippen molar-refractivity contribution >= 4 is 5.91 Å². The average molecular weight is 337 g/mol. The molecule has 0 unspecified atom stereocenters. The van der Waals surface area contributed by atoms with E-state index in [0.717, 1.165) is 30.6 Å². The van der Waals surface area contributed by atoms with Gasteiger partial charge in [-0.3, -0.25) is 4.79 Å². The zero-order valence-corrected chi connectivity index (χ0v) is 15.2. The van der Waals surface area contributed by atoms with Crippen molar-refractivity contribution in [3.05, 3.63) is 64.7 Å². The highest BCUT2D eigenvalue weighted by atomic mass is 16.5. The Bertz CT molecular complexity index is 721. The maximum Gasteiger partial charge on any atom is 0.258 e. The van der Waals surface area contributed by atoms with Crippen molar-refractivity contribution in [1.82, 2.24) is 5.32 Å². The summed E-state index contributed by atoms with van der Waals surface area (Å²) in [6.45, 7) is 4.22. The summed E-state index contributed by atoms with van der Waals surface area (Å²) in [7, 11) is 0. The van der Waals surface area contributed by atoms with Gasteiger partial charge in [-0.25, -0.2) is 0 Å². The Balaban J connectivity index is 1.60. The van der Waals surface area contributed by atoms with Crippen molar-refractivity contribution in [3.8, 4) is 5.75 Å². The van der Waals surface area contributed by atoms with Gasteiger partial charge >= 0.3 is 0 Å².